The molecule has 0 aliphatic carbocycles. The molecule has 2 saturated heterocycles. The molecule has 0 saturated carbocycles. The summed E-state index contributed by atoms with van der Waals surface area (Å²) in [6, 6.07) is 7.06. The van der Waals surface area contributed by atoms with E-state index in [0.29, 0.717) is 11.4 Å². The van der Waals surface area contributed by atoms with Crippen molar-refractivity contribution in [2.75, 3.05) is 6.54 Å². The largest absolute Gasteiger partial charge is 0.373 e. The van der Waals surface area contributed by atoms with Gasteiger partial charge in [-0.15, -0.1) is 0 Å². The summed E-state index contributed by atoms with van der Waals surface area (Å²) in [5.74, 6) is 0. The van der Waals surface area contributed by atoms with E-state index >= 15 is 0 Å². The summed E-state index contributed by atoms with van der Waals surface area (Å²) in [6.07, 6.45) is 1.86. The summed E-state index contributed by atoms with van der Waals surface area (Å²) in [7, 11) is -3.39. The number of sulfonamides is 1. The third kappa shape index (κ3) is 2.20. The lowest BCUT2D eigenvalue weighted by atomic mass is 10.0. The summed E-state index contributed by atoms with van der Waals surface area (Å²) in [5, 5.41) is 0. The standard InChI is InChI=1S/C14H19NO3S/c1-10-3-5-13(6-4-10)19(16,17)15-8-7-12-9-14(15)11(2)18-12/h3-6,11-12,14H,7-9H2,1-2H3/t11-,12+,14-/m1/s1. The molecule has 2 aliphatic heterocycles. The first kappa shape index (κ1) is 13.1. The topological polar surface area (TPSA) is 46.6 Å². The second-order valence-corrected chi connectivity index (χ2v) is 7.37. The maximum absolute atomic E-state index is 12.7. The van der Waals surface area contributed by atoms with Crippen molar-refractivity contribution in [3.8, 4) is 0 Å². The average molecular weight is 281 g/mol. The van der Waals surface area contributed by atoms with Gasteiger partial charge in [-0.2, -0.15) is 4.31 Å². The minimum atomic E-state index is -3.39. The molecule has 0 aromatic heterocycles. The number of fused-ring (bicyclic) bond motifs is 2. The van der Waals surface area contributed by atoms with Crippen molar-refractivity contribution in [3.63, 3.8) is 0 Å². The SMILES string of the molecule is Cc1ccc(S(=O)(=O)N2CC[C@H]3C[C@@H]2[C@@H](C)O3)cc1. The number of nitrogens with zero attached hydrogens (tertiary/aromatic N) is 1. The zero-order chi connectivity index (χ0) is 13.6. The van der Waals surface area contributed by atoms with E-state index in [4.69, 9.17) is 4.74 Å². The van der Waals surface area contributed by atoms with Crippen molar-refractivity contribution in [1.29, 1.82) is 0 Å². The Morgan fingerprint density at radius 3 is 2.63 bits per heavy atom. The van der Waals surface area contributed by atoms with E-state index < -0.39 is 10.0 Å². The number of rotatable bonds is 2. The Morgan fingerprint density at radius 2 is 1.95 bits per heavy atom. The zero-order valence-electron chi connectivity index (χ0n) is 11.2. The molecule has 5 heteroatoms. The molecule has 2 aliphatic rings. The van der Waals surface area contributed by atoms with Gasteiger partial charge in [0.2, 0.25) is 10.0 Å². The van der Waals surface area contributed by atoms with Crippen molar-refractivity contribution >= 4 is 10.0 Å². The maximum atomic E-state index is 12.7. The Bertz CT molecular complexity index is 567. The van der Waals surface area contributed by atoms with E-state index in [0.717, 1.165) is 18.4 Å². The van der Waals surface area contributed by atoms with Crippen molar-refractivity contribution < 1.29 is 13.2 Å². The van der Waals surface area contributed by atoms with E-state index in [2.05, 4.69) is 0 Å². The van der Waals surface area contributed by atoms with E-state index in [1.54, 1.807) is 16.4 Å². The van der Waals surface area contributed by atoms with Crippen molar-refractivity contribution in [1.82, 2.24) is 4.31 Å². The molecule has 1 aromatic carbocycles. The second kappa shape index (κ2) is 4.58. The second-order valence-electron chi connectivity index (χ2n) is 5.48. The molecule has 19 heavy (non-hydrogen) atoms. The minimum absolute atomic E-state index is 0.00674. The Labute approximate surface area is 114 Å². The summed E-state index contributed by atoms with van der Waals surface area (Å²) in [5.41, 5.74) is 1.07. The summed E-state index contributed by atoms with van der Waals surface area (Å²) >= 11 is 0. The number of ether oxygens (including phenoxy) is 1. The van der Waals surface area contributed by atoms with Gasteiger partial charge in [0.05, 0.1) is 23.1 Å². The van der Waals surface area contributed by atoms with Crippen LogP contribution in [0.4, 0.5) is 0 Å². The molecule has 104 valence electrons. The Morgan fingerprint density at radius 1 is 1.26 bits per heavy atom. The van der Waals surface area contributed by atoms with Gasteiger partial charge in [0.1, 0.15) is 0 Å². The Kier molecular flexibility index (Phi) is 3.15. The molecule has 3 atom stereocenters. The van der Waals surface area contributed by atoms with Gasteiger partial charge in [-0.05, 0) is 38.8 Å². The van der Waals surface area contributed by atoms with Crippen LogP contribution in [0, 0.1) is 6.92 Å². The molecule has 0 N–H and O–H groups in total. The highest BCUT2D eigenvalue weighted by atomic mass is 32.2. The predicted octanol–water partition coefficient (Wildman–Crippen LogP) is 1.94. The van der Waals surface area contributed by atoms with Gasteiger partial charge in [-0.25, -0.2) is 8.42 Å². The molecule has 2 bridgehead atoms. The fourth-order valence-corrected chi connectivity index (χ4v) is 4.74. The Balaban J connectivity index is 1.94. The van der Waals surface area contributed by atoms with Crippen LogP contribution in [0.5, 0.6) is 0 Å². The molecular formula is C14H19NO3S. The molecule has 0 spiro atoms. The van der Waals surface area contributed by atoms with E-state index in [1.165, 1.54) is 0 Å². The van der Waals surface area contributed by atoms with Gasteiger partial charge in [0.15, 0.2) is 0 Å². The molecule has 1 aromatic rings. The van der Waals surface area contributed by atoms with Crippen LogP contribution in [0.2, 0.25) is 0 Å². The fraction of sp³-hybridized carbons (Fsp3) is 0.571. The van der Waals surface area contributed by atoms with Gasteiger partial charge >= 0.3 is 0 Å². The smallest absolute Gasteiger partial charge is 0.243 e. The molecule has 3 rings (SSSR count). The van der Waals surface area contributed by atoms with Crippen LogP contribution in [0.1, 0.15) is 25.3 Å². The predicted molar refractivity (Wildman–Crippen MR) is 72.4 cm³/mol. The molecular weight excluding hydrogens is 262 g/mol. The van der Waals surface area contributed by atoms with Crippen LogP contribution in [0.25, 0.3) is 0 Å². The highest BCUT2D eigenvalue weighted by Crippen LogP contribution is 2.35. The van der Waals surface area contributed by atoms with Gasteiger partial charge < -0.3 is 4.74 Å². The van der Waals surface area contributed by atoms with Gasteiger partial charge in [0, 0.05) is 6.54 Å². The first-order chi connectivity index (χ1) is 8.98. The molecule has 0 unspecified atom stereocenters. The summed E-state index contributed by atoms with van der Waals surface area (Å²) in [6.45, 7) is 4.48. The zero-order valence-corrected chi connectivity index (χ0v) is 12.1. The van der Waals surface area contributed by atoms with Crippen molar-refractivity contribution in [2.45, 2.75) is 49.8 Å². The normalized spacial score (nSPS) is 31.6. The lowest BCUT2D eigenvalue weighted by Crippen LogP contribution is -2.46. The van der Waals surface area contributed by atoms with Gasteiger partial charge in [-0.3, -0.25) is 0 Å². The monoisotopic (exact) mass is 281 g/mol. The van der Waals surface area contributed by atoms with Crippen molar-refractivity contribution in [3.05, 3.63) is 29.8 Å². The highest BCUT2D eigenvalue weighted by Gasteiger charge is 2.45. The molecule has 0 radical (unpaired) electrons. The highest BCUT2D eigenvalue weighted by molar-refractivity contribution is 7.89. The van der Waals surface area contributed by atoms with Crippen LogP contribution in [-0.2, 0) is 14.8 Å². The van der Waals surface area contributed by atoms with Crippen LogP contribution >= 0.6 is 0 Å². The molecule has 2 fully saturated rings. The van der Waals surface area contributed by atoms with E-state index in [-0.39, 0.29) is 18.2 Å². The Hall–Kier alpha value is -0.910. The molecule has 0 amide bonds. The number of aryl methyl sites for hydroxylation is 1. The van der Waals surface area contributed by atoms with E-state index in [1.807, 2.05) is 26.0 Å². The van der Waals surface area contributed by atoms with Crippen molar-refractivity contribution in [2.24, 2.45) is 0 Å². The van der Waals surface area contributed by atoms with Crippen LogP contribution in [-0.4, -0.2) is 37.5 Å². The van der Waals surface area contributed by atoms with Gasteiger partial charge in [-0.1, -0.05) is 17.7 Å². The van der Waals surface area contributed by atoms with E-state index in [9.17, 15) is 8.42 Å². The number of benzene rings is 1. The van der Waals surface area contributed by atoms with Crippen LogP contribution in [0.3, 0.4) is 0 Å². The van der Waals surface area contributed by atoms with Crippen LogP contribution in [0.15, 0.2) is 29.2 Å². The lowest BCUT2D eigenvalue weighted by Gasteiger charge is -2.31. The first-order valence-corrected chi connectivity index (χ1v) is 8.16. The lowest BCUT2D eigenvalue weighted by molar-refractivity contribution is 0.0569. The summed E-state index contributed by atoms with van der Waals surface area (Å²) in [4.78, 5) is 0.385. The third-order valence-corrected chi connectivity index (χ3v) is 6.06. The first-order valence-electron chi connectivity index (χ1n) is 6.72. The minimum Gasteiger partial charge on any atom is -0.373 e. The number of hydrogen-bond acceptors (Lipinski definition) is 3. The number of hydrogen-bond donors (Lipinski definition) is 0. The fourth-order valence-electron chi connectivity index (χ4n) is 3.03. The molecule has 2 heterocycles. The maximum Gasteiger partial charge on any atom is 0.243 e. The molecule has 4 nitrogen and oxygen atoms in total. The number of piperidine rings is 1. The quantitative estimate of drug-likeness (QED) is 0.832. The summed E-state index contributed by atoms with van der Waals surface area (Å²) < 4.78 is 32.8. The third-order valence-electron chi connectivity index (χ3n) is 4.12. The van der Waals surface area contributed by atoms with Crippen LogP contribution < -0.4 is 0 Å². The average Bonchev–Trinajstić information content (AvgIpc) is 2.65. The van der Waals surface area contributed by atoms with Gasteiger partial charge in [0.25, 0.3) is 0 Å².